The second-order valence-corrected chi connectivity index (χ2v) is 8.07. The Hall–Kier alpha value is -2.93. The number of hydrogen-bond acceptors (Lipinski definition) is 5. The number of nitrogens with one attached hydrogen (secondary N) is 2. The Kier molecular flexibility index (Phi) is 5.49. The third-order valence-corrected chi connectivity index (χ3v) is 6.30. The van der Waals surface area contributed by atoms with Gasteiger partial charge in [-0.05, 0) is 42.7 Å². The van der Waals surface area contributed by atoms with Crippen molar-refractivity contribution >= 4 is 23.5 Å². The summed E-state index contributed by atoms with van der Waals surface area (Å²) in [5.41, 5.74) is 5.31. The Bertz CT molecular complexity index is 1050. The molecule has 2 N–H and O–H groups in total. The van der Waals surface area contributed by atoms with Crippen LogP contribution in [0.25, 0.3) is 0 Å². The summed E-state index contributed by atoms with van der Waals surface area (Å²) in [5.74, 6) is 2.28. The number of carbonyl (C=O) groups excluding carboxylic acids is 1. The SMILES string of the molecule is COc1cc(C2SCC(=O)Nc3n[nH]c(C)c32)ccc1OCc1ccccc1C. The van der Waals surface area contributed by atoms with Gasteiger partial charge in [0.1, 0.15) is 6.61 Å². The minimum Gasteiger partial charge on any atom is -0.493 e. The quantitative estimate of drug-likeness (QED) is 0.654. The van der Waals surface area contributed by atoms with Crippen LogP contribution in [0.2, 0.25) is 0 Å². The van der Waals surface area contributed by atoms with Crippen LogP contribution in [0.5, 0.6) is 11.5 Å². The van der Waals surface area contributed by atoms with E-state index in [9.17, 15) is 4.79 Å². The van der Waals surface area contributed by atoms with Crippen LogP contribution in [0, 0.1) is 13.8 Å². The van der Waals surface area contributed by atoms with Crippen LogP contribution in [0.4, 0.5) is 5.82 Å². The van der Waals surface area contributed by atoms with E-state index in [-0.39, 0.29) is 11.2 Å². The predicted molar refractivity (Wildman–Crippen MR) is 115 cm³/mol. The molecule has 1 aliphatic heterocycles. The summed E-state index contributed by atoms with van der Waals surface area (Å²) in [6.07, 6.45) is 0. The van der Waals surface area contributed by atoms with Gasteiger partial charge in [0.05, 0.1) is 18.1 Å². The van der Waals surface area contributed by atoms with Gasteiger partial charge in [-0.2, -0.15) is 5.10 Å². The van der Waals surface area contributed by atoms with E-state index < -0.39 is 0 Å². The smallest absolute Gasteiger partial charge is 0.235 e. The summed E-state index contributed by atoms with van der Waals surface area (Å²) < 4.78 is 11.6. The van der Waals surface area contributed by atoms with Gasteiger partial charge in [-0.15, -0.1) is 11.8 Å². The summed E-state index contributed by atoms with van der Waals surface area (Å²) in [6, 6.07) is 14.1. The molecule has 6 nitrogen and oxygen atoms in total. The van der Waals surface area contributed by atoms with Gasteiger partial charge in [0, 0.05) is 11.3 Å². The minimum absolute atomic E-state index is 0.0259. The lowest BCUT2D eigenvalue weighted by atomic mass is 10.0. The molecule has 2 heterocycles. The van der Waals surface area contributed by atoms with Gasteiger partial charge in [0.15, 0.2) is 17.3 Å². The molecule has 0 aliphatic carbocycles. The van der Waals surface area contributed by atoms with E-state index in [1.165, 1.54) is 5.56 Å². The summed E-state index contributed by atoms with van der Waals surface area (Å²) in [5, 5.41) is 10.1. The number of hydrogen-bond donors (Lipinski definition) is 2. The number of anilines is 1. The molecule has 1 aromatic heterocycles. The standard InChI is InChI=1S/C22H23N3O3S/c1-13-6-4-5-7-16(13)11-28-17-9-8-15(10-18(17)27-3)21-20-14(2)24-25-22(20)23-19(26)12-29-21/h4-10,21H,11-12H2,1-3H3,(H2,23,24,25,26). The molecule has 4 rings (SSSR count). The van der Waals surface area contributed by atoms with Crippen molar-refractivity contribution in [1.82, 2.24) is 10.2 Å². The number of carbonyl (C=O) groups is 1. The van der Waals surface area contributed by atoms with Gasteiger partial charge in [-0.1, -0.05) is 30.3 Å². The molecule has 0 fully saturated rings. The number of fused-ring (bicyclic) bond motifs is 1. The fourth-order valence-corrected chi connectivity index (χ4v) is 4.61. The maximum absolute atomic E-state index is 12.0. The van der Waals surface area contributed by atoms with Crippen molar-refractivity contribution in [2.24, 2.45) is 0 Å². The molecule has 0 radical (unpaired) electrons. The molecule has 1 unspecified atom stereocenters. The molecule has 0 spiro atoms. The first-order valence-electron chi connectivity index (χ1n) is 9.38. The second kappa shape index (κ2) is 8.21. The molecule has 0 saturated heterocycles. The number of rotatable bonds is 5. The van der Waals surface area contributed by atoms with Crippen LogP contribution in [-0.2, 0) is 11.4 Å². The van der Waals surface area contributed by atoms with E-state index >= 15 is 0 Å². The Morgan fingerprint density at radius 2 is 2.00 bits per heavy atom. The molecule has 1 atom stereocenters. The molecule has 7 heteroatoms. The molecular weight excluding hydrogens is 386 g/mol. The van der Waals surface area contributed by atoms with Crippen LogP contribution >= 0.6 is 11.8 Å². The highest BCUT2D eigenvalue weighted by molar-refractivity contribution is 8.00. The first-order valence-corrected chi connectivity index (χ1v) is 10.4. The average molecular weight is 410 g/mol. The molecule has 0 bridgehead atoms. The zero-order chi connectivity index (χ0) is 20.4. The van der Waals surface area contributed by atoms with Crippen LogP contribution in [0.1, 0.15) is 33.2 Å². The highest BCUT2D eigenvalue weighted by Crippen LogP contribution is 2.44. The number of benzene rings is 2. The number of aromatic nitrogens is 2. The summed E-state index contributed by atoms with van der Waals surface area (Å²) in [7, 11) is 1.64. The van der Waals surface area contributed by atoms with Crippen molar-refractivity contribution in [3.63, 3.8) is 0 Å². The van der Waals surface area contributed by atoms with Crippen molar-refractivity contribution in [1.29, 1.82) is 0 Å². The normalized spacial score (nSPS) is 16.0. The number of ether oxygens (including phenoxy) is 2. The fraction of sp³-hybridized carbons (Fsp3) is 0.273. The van der Waals surface area contributed by atoms with Gasteiger partial charge in [0.2, 0.25) is 5.91 Å². The molecule has 1 aliphatic rings. The highest BCUT2D eigenvalue weighted by atomic mass is 32.2. The summed E-state index contributed by atoms with van der Waals surface area (Å²) in [6.45, 7) is 4.51. The van der Waals surface area contributed by atoms with Crippen LogP contribution < -0.4 is 14.8 Å². The minimum atomic E-state index is -0.0459. The topological polar surface area (TPSA) is 76.2 Å². The van der Waals surface area contributed by atoms with E-state index in [4.69, 9.17) is 9.47 Å². The lowest BCUT2D eigenvalue weighted by Crippen LogP contribution is -2.12. The number of aryl methyl sites for hydroxylation is 2. The van der Waals surface area contributed by atoms with Crippen molar-refractivity contribution in [2.45, 2.75) is 25.7 Å². The third-order valence-electron chi connectivity index (χ3n) is 5.03. The van der Waals surface area contributed by atoms with Crippen molar-refractivity contribution in [3.8, 4) is 11.5 Å². The molecule has 29 heavy (non-hydrogen) atoms. The van der Waals surface area contributed by atoms with E-state index in [2.05, 4.69) is 34.6 Å². The van der Waals surface area contributed by atoms with Crippen LogP contribution in [0.3, 0.4) is 0 Å². The first-order chi connectivity index (χ1) is 14.1. The van der Waals surface area contributed by atoms with Crippen LogP contribution in [0.15, 0.2) is 42.5 Å². The maximum atomic E-state index is 12.0. The van der Waals surface area contributed by atoms with Gasteiger partial charge in [-0.3, -0.25) is 9.89 Å². The highest BCUT2D eigenvalue weighted by Gasteiger charge is 2.28. The number of thioether (sulfide) groups is 1. The predicted octanol–water partition coefficient (Wildman–Crippen LogP) is 4.39. The number of H-pyrrole nitrogens is 1. The van der Waals surface area contributed by atoms with Gasteiger partial charge in [-0.25, -0.2) is 0 Å². The average Bonchev–Trinajstić information content (AvgIpc) is 2.98. The molecule has 3 aromatic rings. The number of methoxy groups -OCH3 is 1. The third kappa shape index (κ3) is 3.96. The molecule has 150 valence electrons. The van der Waals surface area contributed by atoms with E-state index in [0.29, 0.717) is 29.7 Å². The molecular formula is C22H23N3O3S. The summed E-state index contributed by atoms with van der Waals surface area (Å²) in [4.78, 5) is 12.0. The zero-order valence-electron chi connectivity index (χ0n) is 16.6. The largest absolute Gasteiger partial charge is 0.493 e. The van der Waals surface area contributed by atoms with Gasteiger partial charge in [0.25, 0.3) is 0 Å². The monoisotopic (exact) mass is 409 g/mol. The van der Waals surface area contributed by atoms with E-state index in [1.807, 2.05) is 37.3 Å². The van der Waals surface area contributed by atoms with E-state index in [1.54, 1.807) is 18.9 Å². The first kappa shape index (κ1) is 19.4. The van der Waals surface area contributed by atoms with E-state index in [0.717, 1.165) is 22.4 Å². The summed E-state index contributed by atoms with van der Waals surface area (Å²) >= 11 is 1.58. The second-order valence-electron chi connectivity index (χ2n) is 6.98. The molecule has 0 saturated carbocycles. The number of nitrogens with zero attached hydrogens (tertiary/aromatic N) is 1. The van der Waals surface area contributed by atoms with Crippen molar-refractivity contribution < 1.29 is 14.3 Å². The lowest BCUT2D eigenvalue weighted by molar-refractivity contribution is -0.113. The lowest BCUT2D eigenvalue weighted by Gasteiger charge is -2.18. The molecule has 1 amide bonds. The number of amides is 1. The van der Waals surface area contributed by atoms with Crippen molar-refractivity contribution in [3.05, 3.63) is 70.4 Å². The molecule has 2 aromatic carbocycles. The van der Waals surface area contributed by atoms with Crippen molar-refractivity contribution in [2.75, 3.05) is 18.2 Å². The Morgan fingerprint density at radius 3 is 2.79 bits per heavy atom. The zero-order valence-corrected chi connectivity index (χ0v) is 17.4. The van der Waals surface area contributed by atoms with Crippen LogP contribution in [-0.4, -0.2) is 29.0 Å². The Morgan fingerprint density at radius 1 is 1.17 bits per heavy atom. The fourth-order valence-electron chi connectivity index (χ4n) is 3.42. The van der Waals surface area contributed by atoms with Gasteiger partial charge >= 0.3 is 0 Å². The number of aromatic amines is 1. The maximum Gasteiger partial charge on any atom is 0.235 e. The van der Waals surface area contributed by atoms with Gasteiger partial charge < -0.3 is 14.8 Å². The Balaban J connectivity index is 1.62. The Labute approximate surface area is 174 Å².